The predicted octanol–water partition coefficient (Wildman–Crippen LogP) is 1.52. The van der Waals surface area contributed by atoms with Crippen LogP contribution >= 0.6 is 11.8 Å². The smallest absolute Gasteiger partial charge is 0.320 e. The quantitative estimate of drug-likeness (QED) is 0.0128. The number of thioether (sulfide) groups is 1. The summed E-state index contributed by atoms with van der Waals surface area (Å²) in [6.45, 7) is 10.9. The van der Waals surface area contributed by atoms with Crippen molar-refractivity contribution in [3.8, 4) is 22.5 Å². The van der Waals surface area contributed by atoms with E-state index in [4.69, 9.17) is 4.42 Å². The predicted molar refractivity (Wildman–Crippen MR) is 296 cm³/mol. The molecule has 2 amide bonds. The number of nitrogens with one attached hydrogen (secondary N) is 3. The molecule has 8 N–H and O–H groups in total. The fourth-order valence-corrected chi connectivity index (χ4v) is 10.1. The Balaban J connectivity index is 1.01. The van der Waals surface area contributed by atoms with Crippen molar-refractivity contribution < 1.29 is 58.7 Å². The molecule has 3 aliphatic rings. The van der Waals surface area contributed by atoms with E-state index in [2.05, 4.69) is 60.8 Å². The van der Waals surface area contributed by atoms with E-state index in [-0.39, 0.29) is 121 Å². The van der Waals surface area contributed by atoms with E-state index in [1.165, 1.54) is 11.8 Å². The number of carbonyl (C=O) groups excluding carboxylic acids is 2. The van der Waals surface area contributed by atoms with Crippen LogP contribution in [0.25, 0.3) is 33.4 Å². The molecule has 0 spiro atoms. The number of hydrogen-bond acceptors (Lipinski definition) is 19. The van der Waals surface area contributed by atoms with E-state index in [1.54, 1.807) is 32.6 Å². The van der Waals surface area contributed by atoms with E-state index < -0.39 is 42.1 Å². The van der Waals surface area contributed by atoms with Gasteiger partial charge in [0.15, 0.2) is 0 Å². The fraction of sp³-hybridized carbons (Fsp3) is 0.491. The molecule has 2 atom stereocenters. The first-order valence-electron chi connectivity index (χ1n) is 26.4. The molecule has 2 unspecified atom stereocenters. The van der Waals surface area contributed by atoms with Crippen molar-refractivity contribution >= 4 is 70.1 Å². The van der Waals surface area contributed by atoms with Crippen LogP contribution in [0.2, 0.25) is 0 Å². The zero-order valence-corrected chi connectivity index (χ0v) is 45.9. The SMILES string of the molecule is CCN(c1ccc2c(-c3ccccc3C(=O)NCCSc3nnc(NCCNC(=O)CCC(C(=O)O)N4CCN(CC(=O)O)CCN(CC(=O)O)CCN(CC(=O)O)CC4)nn3)c3ccc(=[N+](CC)CC)cc-3oc2c1)C(C)O. The lowest BCUT2D eigenvalue weighted by Gasteiger charge is -2.35. The van der Waals surface area contributed by atoms with Gasteiger partial charge in [0, 0.05) is 131 Å². The Morgan fingerprint density at radius 2 is 1.33 bits per heavy atom. The number of nitrogens with zero attached hydrogens (tertiary/aromatic N) is 10. The number of amides is 2. The largest absolute Gasteiger partial charge is 0.480 e. The first-order valence-corrected chi connectivity index (χ1v) is 27.4. The number of aliphatic hydroxyl groups excluding tert-OH is 1. The van der Waals surface area contributed by atoms with Gasteiger partial charge >= 0.3 is 23.9 Å². The number of carbonyl (C=O) groups is 6. The molecular weight excluding hydrogens is 1040 g/mol. The van der Waals surface area contributed by atoms with Crippen molar-refractivity contribution in [1.82, 2.24) is 55.2 Å². The maximum atomic E-state index is 14.0. The number of aliphatic carboxylic acids is 4. The summed E-state index contributed by atoms with van der Waals surface area (Å²) in [6.07, 6.45) is -0.961. The standard InChI is InChI=1S/C53H71N13O12S/c1-5-64(6-2)36-12-14-40-43(30-36)78-44-31-37(66(7-3)35(4)67)13-15-41(44)49(40)38-10-8-9-11-39(38)50(75)55-20-29-79-53-59-57-52(58-60-53)56-19-18-54-45(68)17-16-42(51(76)77)65-27-25-62(33-47(71)72)23-21-61(32-46(69)70)22-24-63(26-28-65)34-48(73)74/h8-15,30-31,35,42,67H,5-7,16-29,32-34H2,1-4H3,(H6-,54,55,56,57,58,68,69,70,71,72,73,74,75,76,77)/p+1. The molecule has 26 heteroatoms. The van der Waals surface area contributed by atoms with Gasteiger partial charge in [-0.15, -0.1) is 20.4 Å². The van der Waals surface area contributed by atoms with Crippen LogP contribution in [0.1, 0.15) is 50.9 Å². The number of carboxylic acids is 4. The molecule has 1 aromatic heterocycles. The van der Waals surface area contributed by atoms with Gasteiger partial charge < -0.3 is 50.8 Å². The van der Waals surface area contributed by atoms with Crippen molar-refractivity contribution in [2.45, 2.75) is 58.0 Å². The van der Waals surface area contributed by atoms with E-state index in [9.17, 15) is 54.3 Å². The topological polar surface area (TPSA) is 324 Å². The summed E-state index contributed by atoms with van der Waals surface area (Å²) in [5.41, 5.74) is 4.30. The molecule has 1 saturated heterocycles. The monoisotopic (exact) mass is 1110 g/mol. The van der Waals surface area contributed by atoms with Gasteiger partial charge in [-0.25, -0.2) is 4.58 Å². The lowest BCUT2D eigenvalue weighted by molar-refractivity contribution is -0.145. The van der Waals surface area contributed by atoms with E-state index in [0.29, 0.717) is 29.2 Å². The Kier molecular flexibility index (Phi) is 23.2. The molecule has 0 saturated carbocycles. The minimum Gasteiger partial charge on any atom is -0.480 e. The molecule has 3 aromatic rings. The van der Waals surface area contributed by atoms with Crippen LogP contribution in [0.3, 0.4) is 0 Å². The van der Waals surface area contributed by atoms with Crippen LogP contribution in [-0.2, 0) is 24.0 Å². The third kappa shape index (κ3) is 17.8. The average molecular weight is 1120 g/mol. The van der Waals surface area contributed by atoms with Crippen molar-refractivity contribution in [3.05, 3.63) is 71.6 Å². The van der Waals surface area contributed by atoms with Gasteiger partial charge in [-0.1, -0.05) is 30.0 Å². The summed E-state index contributed by atoms with van der Waals surface area (Å²) in [7, 11) is 0. The Labute approximate surface area is 461 Å². The number of aromatic nitrogens is 4. The zero-order chi connectivity index (χ0) is 57.0. The fourth-order valence-electron chi connectivity index (χ4n) is 9.54. The maximum Gasteiger partial charge on any atom is 0.320 e. The van der Waals surface area contributed by atoms with Gasteiger partial charge in [-0.3, -0.25) is 48.4 Å². The number of carboxylic acid groups (broad SMARTS) is 4. The molecular formula is C53H72N13O12S+. The minimum absolute atomic E-state index is 0.0879. The van der Waals surface area contributed by atoms with Crippen LogP contribution in [0, 0.1) is 0 Å². The van der Waals surface area contributed by atoms with Crippen molar-refractivity contribution in [3.63, 3.8) is 0 Å². The molecule has 2 aliphatic heterocycles. The normalized spacial score (nSPS) is 15.1. The highest BCUT2D eigenvalue weighted by molar-refractivity contribution is 7.99. The van der Waals surface area contributed by atoms with Crippen molar-refractivity contribution in [2.24, 2.45) is 0 Å². The van der Waals surface area contributed by atoms with E-state index in [1.807, 2.05) is 60.4 Å². The van der Waals surface area contributed by atoms with Crippen LogP contribution in [0.4, 0.5) is 11.6 Å². The highest BCUT2D eigenvalue weighted by Crippen LogP contribution is 2.42. The first-order chi connectivity index (χ1) is 38.0. The van der Waals surface area contributed by atoms with Crippen molar-refractivity contribution in [2.75, 3.05) is 127 Å². The van der Waals surface area contributed by atoms with Crippen LogP contribution in [-0.4, -0.2) is 231 Å². The number of benzene rings is 3. The average Bonchev–Trinajstić information content (AvgIpc) is 3.60. The number of hydrogen-bond donors (Lipinski definition) is 8. The van der Waals surface area contributed by atoms with Crippen LogP contribution in [0.15, 0.2) is 70.2 Å². The van der Waals surface area contributed by atoms with Gasteiger partial charge in [0.05, 0.1) is 25.7 Å². The lowest BCUT2D eigenvalue weighted by Crippen LogP contribution is -2.52. The molecule has 79 heavy (non-hydrogen) atoms. The zero-order valence-electron chi connectivity index (χ0n) is 45.0. The molecule has 2 aromatic carbocycles. The molecule has 0 bridgehead atoms. The number of aliphatic hydroxyl groups is 1. The lowest BCUT2D eigenvalue weighted by atomic mass is 9.90. The number of anilines is 2. The summed E-state index contributed by atoms with van der Waals surface area (Å²) in [6, 6.07) is 18.3. The maximum absolute atomic E-state index is 14.0. The van der Waals surface area contributed by atoms with Gasteiger partial charge in [-0.2, -0.15) is 0 Å². The molecule has 426 valence electrons. The highest BCUT2D eigenvalue weighted by Gasteiger charge is 2.29. The minimum atomic E-state index is -1.20. The van der Waals surface area contributed by atoms with E-state index >= 15 is 0 Å². The molecule has 0 radical (unpaired) electrons. The highest BCUT2D eigenvalue weighted by atomic mass is 32.2. The molecule has 1 aliphatic carbocycles. The Hall–Kier alpha value is -7.36. The molecule has 1 fully saturated rings. The van der Waals surface area contributed by atoms with Crippen molar-refractivity contribution in [1.29, 1.82) is 0 Å². The second-order valence-corrected chi connectivity index (χ2v) is 19.9. The van der Waals surface area contributed by atoms with Gasteiger partial charge in [0.1, 0.15) is 36.7 Å². The number of fused-ring (bicyclic) bond motifs is 2. The third-order valence-electron chi connectivity index (χ3n) is 13.5. The van der Waals surface area contributed by atoms with E-state index in [0.717, 1.165) is 46.2 Å². The summed E-state index contributed by atoms with van der Waals surface area (Å²) < 4.78 is 8.85. The third-order valence-corrected chi connectivity index (χ3v) is 14.3. The number of rotatable bonds is 26. The Bertz CT molecular complexity index is 2890. The summed E-state index contributed by atoms with van der Waals surface area (Å²) in [5.74, 6) is -4.02. The summed E-state index contributed by atoms with van der Waals surface area (Å²) in [4.78, 5) is 82.7. The molecule has 6 rings (SSSR count). The summed E-state index contributed by atoms with van der Waals surface area (Å²) in [5, 5.41) is 76.6. The van der Waals surface area contributed by atoms with Crippen LogP contribution < -0.4 is 30.8 Å². The molecule has 3 heterocycles. The first kappa shape index (κ1) is 60.9. The Morgan fingerprint density at radius 3 is 1.90 bits per heavy atom. The van der Waals surface area contributed by atoms with Gasteiger partial charge in [-0.05, 0) is 63.9 Å². The second-order valence-electron chi connectivity index (χ2n) is 18.8. The van der Waals surface area contributed by atoms with Gasteiger partial charge in [0.25, 0.3) is 11.9 Å². The summed E-state index contributed by atoms with van der Waals surface area (Å²) >= 11 is 1.25. The van der Waals surface area contributed by atoms with Gasteiger partial charge in [0.2, 0.25) is 16.4 Å². The molecule has 25 nitrogen and oxygen atoms in total. The van der Waals surface area contributed by atoms with Crippen LogP contribution in [0.5, 0.6) is 0 Å². The second kappa shape index (κ2) is 30.1. The Morgan fingerprint density at radius 1 is 0.722 bits per heavy atom.